The van der Waals surface area contributed by atoms with Gasteiger partial charge in [-0.3, -0.25) is 0 Å². The van der Waals surface area contributed by atoms with Gasteiger partial charge in [0.1, 0.15) is 11.5 Å². The van der Waals surface area contributed by atoms with E-state index in [4.69, 9.17) is 9.47 Å². The number of ether oxygens (including phenoxy) is 2. The molecule has 0 aliphatic rings. The van der Waals surface area contributed by atoms with E-state index in [-0.39, 0.29) is 11.9 Å². The Morgan fingerprint density at radius 1 is 0.677 bits per heavy atom. The summed E-state index contributed by atoms with van der Waals surface area (Å²) >= 11 is 1.66. The van der Waals surface area contributed by atoms with Crippen LogP contribution < -0.4 is 9.47 Å². The molecule has 0 aliphatic heterocycles. The summed E-state index contributed by atoms with van der Waals surface area (Å²) < 4.78 is 10.6. The number of carbonyl (C=O) groups is 2. The third-order valence-electron chi connectivity index (χ3n) is 4.30. The Bertz CT molecular complexity index is 987. The zero-order valence-corrected chi connectivity index (χ0v) is 18.4. The molecule has 1 heterocycles. The van der Waals surface area contributed by atoms with Gasteiger partial charge in [-0.15, -0.1) is 11.3 Å². The molecule has 0 amide bonds. The van der Waals surface area contributed by atoms with Crippen LogP contribution in [-0.2, 0) is 9.59 Å². The second kappa shape index (κ2) is 11.1. The van der Waals surface area contributed by atoms with Crippen molar-refractivity contribution in [3.8, 4) is 32.4 Å². The van der Waals surface area contributed by atoms with Crippen molar-refractivity contribution < 1.29 is 19.1 Å². The van der Waals surface area contributed by atoms with E-state index in [2.05, 4.69) is 12.1 Å². The van der Waals surface area contributed by atoms with Crippen molar-refractivity contribution >= 4 is 23.3 Å². The first-order valence-corrected chi connectivity index (χ1v) is 11.0. The lowest BCUT2D eigenvalue weighted by Gasteiger charge is -2.03. The number of esters is 2. The minimum absolute atomic E-state index is 0.372. The van der Waals surface area contributed by atoms with Crippen LogP contribution in [0, 0.1) is 0 Å². The molecule has 0 atom stereocenters. The fraction of sp³-hybridized carbons (Fsp3) is 0.154. The standard InChI is InChI=1S/C26H24O4S/c1-3-5-7-25(27)29-21-13-9-19(10-14-21)23-17-18-24(31-23)20-11-15-22(16-12-20)30-26(28)8-6-4-2/h5-18H,3-4H2,1-2H3/b7-5+,8-6+. The van der Waals surface area contributed by atoms with Gasteiger partial charge in [0.25, 0.3) is 0 Å². The highest BCUT2D eigenvalue weighted by molar-refractivity contribution is 7.18. The molecule has 3 aromatic rings. The van der Waals surface area contributed by atoms with Gasteiger partial charge in [0, 0.05) is 21.9 Å². The maximum atomic E-state index is 11.7. The highest BCUT2D eigenvalue weighted by Gasteiger charge is 2.08. The van der Waals surface area contributed by atoms with E-state index in [1.54, 1.807) is 47.8 Å². The summed E-state index contributed by atoms with van der Waals surface area (Å²) in [4.78, 5) is 25.6. The Morgan fingerprint density at radius 2 is 1.06 bits per heavy atom. The van der Waals surface area contributed by atoms with Crippen molar-refractivity contribution in [2.45, 2.75) is 26.7 Å². The minimum Gasteiger partial charge on any atom is -0.423 e. The summed E-state index contributed by atoms with van der Waals surface area (Å²) in [5, 5.41) is 0. The first-order valence-electron chi connectivity index (χ1n) is 10.2. The van der Waals surface area contributed by atoms with Crippen LogP contribution in [0.1, 0.15) is 26.7 Å². The minimum atomic E-state index is -0.372. The first-order chi connectivity index (χ1) is 15.1. The molecular formula is C26H24O4S. The van der Waals surface area contributed by atoms with Crippen LogP contribution in [0.4, 0.5) is 0 Å². The summed E-state index contributed by atoms with van der Waals surface area (Å²) in [6, 6.07) is 19.1. The summed E-state index contributed by atoms with van der Waals surface area (Å²) in [7, 11) is 0. The maximum Gasteiger partial charge on any atom is 0.335 e. The molecule has 0 radical (unpaired) electrons. The lowest BCUT2D eigenvalue weighted by Crippen LogP contribution is -2.03. The molecule has 0 saturated carbocycles. The average Bonchev–Trinajstić information content (AvgIpc) is 3.27. The molecule has 0 N–H and O–H groups in total. The molecule has 0 bridgehead atoms. The van der Waals surface area contributed by atoms with Crippen molar-refractivity contribution in [1.29, 1.82) is 0 Å². The largest absolute Gasteiger partial charge is 0.423 e. The predicted molar refractivity (Wildman–Crippen MR) is 125 cm³/mol. The van der Waals surface area contributed by atoms with Crippen LogP contribution in [0.2, 0.25) is 0 Å². The lowest BCUT2D eigenvalue weighted by molar-refractivity contribution is -0.129. The van der Waals surface area contributed by atoms with Crippen molar-refractivity contribution in [2.24, 2.45) is 0 Å². The summed E-state index contributed by atoms with van der Waals surface area (Å²) in [6.45, 7) is 3.92. The van der Waals surface area contributed by atoms with Gasteiger partial charge in [-0.2, -0.15) is 0 Å². The lowest BCUT2D eigenvalue weighted by atomic mass is 10.1. The Kier molecular flexibility index (Phi) is 7.96. The van der Waals surface area contributed by atoms with Gasteiger partial charge in [-0.05, 0) is 84.6 Å². The summed E-state index contributed by atoms with van der Waals surface area (Å²) in [6.07, 6.45) is 7.99. The molecule has 2 aromatic carbocycles. The van der Waals surface area contributed by atoms with Gasteiger partial charge in [0.2, 0.25) is 0 Å². The maximum absolute atomic E-state index is 11.7. The molecule has 0 saturated heterocycles. The number of carbonyl (C=O) groups excluding carboxylic acids is 2. The molecule has 0 fully saturated rings. The molecule has 1 aromatic heterocycles. The number of hydrogen-bond donors (Lipinski definition) is 0. The van der Waals surface area contributed by atoms with Crippen molar-refractivity contribution in [3.63, 3.8) is 0 Å². The smallest absolute Gasteiger partial charge is 0.335 e. The van der Waals surface area contributed by atoms with Gasteiger partial charge < -0.3 is 9.47 Å². The zero-order valence-electron chi connectivity index (χ0n) is 17.5. The Hall–Kier alpha value is -3.44. The highest BCUT2D eigenvalue weighted by atomic mass is 32.1. The first kappa shape index (κ1) is 22.2. The number of rotatable bonds is 8. The van der Waals surface area contributed by atoms with Crippen LogP contribution in [0.15, 0.2) is 85.0 Å². The van der Waals surface area contributed by atoms with Gasteiger partial charge >= 0.3 is 11.9 Å². The fourth-order valence-electron chi connectivity index (χ4n) is 2.75. The third-order valence-corrected chi connectivity index (χ3v) is 5.48. The van der Waals surface area contributed by atoms with E-state index >= 15 is 0 Å². The van der Waals surface area contributed by atoms with Gasteiger partial charge in [0.15, 0.2) is 0 Å². The molecule has 5 heteroatoms. The Balaban J connectivity index is 1.66. The topological polar surface area (TPSA) is 52.6 Å². The SMILES string of the molecule is CC/C=C/C(=O)Oc1ccc(-c2ccc(-c3ccc(OC(=O)/C=C/CC)cc3)s2)cc1. The van der Waals surface area contributed by atoms with Crippen LogP contribution in [-0.4, -0.2) is 11.9 Å². The monoisotopic (exact) mass is 432 g/mol. The van der Waals surface area contributed by atoms with E-state index in [0.29, 0.717) is 11.5 Å². The molecule has 4 nitrogen and oxygen atoms in total. The molecule has 31 heavy (non-hydrogen) atoms. The van der Waals surface area contributed by atoms with Crippen LogP contribution in [0.5, 0.6) is 11.5 Å². The highest BCUT2D eigenvalue weighted by Crippen LogP contribution is 2.35. The summed E-state index contributed by atoms with van der Waals surface area (Å²) in [5.41, 5.74) is 2.10. The second-order valence-corrected chi connectivity index (χ2v) is 7.76. The van der Waals surface area contributed by atoms with Gasteiger partial charge in [-0.1, -0.05) is 26.0 Å². The van der Waals surface area contributed by atoms with Gasteiger partial charge in [-0.25, -0.2) is 9.59 Å². The predicted octanol–water partition coefficient (Wildman–Crippen LogP) is 6.83. The molecular weight excluding hydrogens is 408 g/mol. The zero-order chi connectivity index (χ0) is 22.1. The quantitative estimate of drug-likeness (QED) is 0.222. The van der Waals surface area contributed by atoms with Gasteiger partial charge in [0.05, 0.1) is 0 Å². The van der Waals surface area contributed by atoms with Crippen LogP contribution in [0.25, 0.3) is 20.9 Å². The molecule has 3 rings (SSSR count). The van der Waals surface area contributed by atoms with Crippen LogP contribution in [0.3, 0.4) is 0 Å². The average molecular weight is 433 g/mol. The Morgan fingerprint density at radius 3 is 1.42 bits per heavy atom. The normalized spacial score (nSPS) is 11.2. The van der Waals surface area contributed by atoms with Crippen molar-refractivity contribution in [3.05, 3.63) is 85.0 Å². The number of benzene rings is 2. The van der Waals surface area contributed by atoms with E-state index in [0.717, 1.165) is 33.7 Å². The summed E-state index contributed by atoms with van der Waals surface area (Å²) in [5.74, 6) is 0.294. The van der Waals surface area contributed by atoms with E-state index in [9.17, 15) is 9.59 Å². The third kappa shape index (κ3) is 6.52. The van der Waals surface area contributed by atoms with E-state index < -0.39 is 0 Å². The Labute approximate surface area is 186 Å². The van der Waals surface area contributed by atoms with Crippen LogP contribution >= 0.6 is 11.3 Å². The molecule has 158 valence electrons. The van der Waals surface area contributed by atoms with Crippen molar-refractivity contribution in [1.82, 2.24) is 0 Å². The second-order valence-electron chi connectivity index (χ2n) is 6.68. The molecule has 0 spiro atoms. The van der Waals surface area contributed by atoms with E-state index in [1.165, 1.54) is 12.2 Å². The molecule has 0 unspecified atom stereocenters. The molecule has 0 aliphatic carbocycles. The fourth-order valence-corrected chi connectivity index (χ4v) is 3.77. The number of thiophene rings is 1. The number of hydrogen-bond acceptors (Lipinski definition) is 5. The van der Waals surface area contributed by atoms with Crippen molar-refractivity contribution in [2.75, 3.05) is 0 Å². The van der Waals surface area contributed by atoms with E-state index in [1.807, 2.05) is 38.1 Å². The number of allylic oxidation sites excluding steroid dienone is 2.